The maximum Gasteiger partial charge on any atom is 0.210 e. The highest BCUT2D eigenvalue weighted by molar-refractivity contribution is 8.13. The van der Waals surface area contributed by atoms with Crippen LogP contribution >= 0.6 is 11.8 Å². The molecule has 3 heteroatoms. The summed E-state index contributed by atoms with van der Waals surface area (Å²) in [4.78, 5) is 13.6. The Labute approximate surface area is 89.3 Å². The second-order valence-corrected chi connectivity index (χ2v) is 4.11. The molecule has 0 saturated heterocycles. The largest absolute Gasteiger partial charge is 0.295 e. The molecular formula is C11H15NOS. The number of carbonyl (C=O) groups is 1. The van der Waals surface area contributed by atoms with E-state index in [-0.39, 0.29) is 11.2 Å². The van der Waals surface area contributed by atoms with E-state index >= 15 is 0 Å². The highest BCUT2D eigenvalue weighted by Crippen LogP contribution is 2.22. The average molecular weight is 209 g/mol. The molecule has 0 spiro atoms. The standard InChI is InChI=1S/C11H15NOS/c1-12(2)10(11(13)14-3)9-7-5-4-6-8-9/h4-8,10H,1-3H3/t10-/m0/s1. The third-order valence-corrected chi connectivity index (χ3v) is 2.68. The average Bonchev–Trinajstić information content (AvgIpc) is 2.19. The van der Waals surface area contributed by atoms with E-state index in [1.165, 1.54) is 11.8 Å². The van der Waals surface area contributed by atoms with Crippen LogP contribution in [0, 0.1) is 0 Å². The van der Waals surface area contributed by atoms with Crippen molar-refractivity contribution in [3.05, 3.63) is 35.9 Å². The van der Waals surface area contributed by atoms with Crippen molar-refractivity contribution in [2.24, 2.45) is 0 Å². The van der Waals surface area contributed by atoms with Gasteiger partial charge in [0.25, 0.3) is 0 Å². The molecule has 0 amide bonds. The predicted octanol–water partition coefficient (Wildman–Crippen LogP) is 2.18. The molecule has 1 aromatic carbocycles. The first-order chi connectivity index (χ1) is 6.66. The zero-order valence-electron chi connectivity index (χ0n) is 8.73. The van der Waals surface area contributed by atoms with Crippen molar-refractivity contribution < 1.29 is 4.79 Å². The lowest BCUT2D eigenvalue weighted by Gasteiger charge is -2.22. The first kappa shape index (κ1) is 11.3. The van der Waals surface area contributed by atoms with Gasteiger partial charge in [-0.1, -0.05) is 42.1 Å². The van der Waals surface area contributed by atoms with Crippen LogP contribution in [0.1, 0.15) is 11.6 Å². The fourth-order valence-electron chi connectivity index (χ4n) is 1.39. The van der Waals surface area contributed by atoms with E-state index in [0.717, 1.165) is 5.56 Å². The maximum atomic E-state index is 11.7. The Morgan fingerprint density at radius 3 is 2.29 bits per heavy atom. The minimum Gasteiger partial charge on any atom is -0.295 e. The Kier molecular flexibility index (Phi) is 4.17. The van der Waals surface area contributed by atoms with Crippen molar-refractivity contribution in [3.8, 4) is 0 Å². The van der Waals surface area contributed by atoms with Crippen LogP contribution in [-0.4, -0.2) is 30.4 Å². The van der Waals surface area contributed by atoms with Crippen molar-refractivity contribution in [1.29, 1.82) is 0 Å². The van der Waals surface area contributed by atoms with Crippen molar-refractivity contribution in [2.45, 2.75) is 6.04 Å². The fraction of sp³-hybridized carbons (Fsp3) is 0.364. The maximum absolute atomic E-state index is 11.7. The molecule has 1 atom stereocenters. The van der Waals surface area contributed by atoms with Crippen molar-refractivity contribution >= 4 is 16.9 Å². The first-order valence-electron chi connectivity index (χ1n) is 4.46. The third kappa shape index (κ3) is 2.59. The summed E-state index contributed by atoms with van der Waals surface area (Å²) in [5.41, 5.74) is 1.05. The Bertz CT molecular complexity index is 297. The SMILES string of the molecule is CSC(=O)[C@H](c1ccccc1)N(C)C. The van der Waals surface area contributed by atoms with Gasteiger partial charge in [-0.25, -0.2) is 0 Å². The van der Waals surface area contributed by atoms with Gasteiger partial charge in [-0.05, 0) is 25.9 Å². The molecule has 0 bridgehead atoms. The highest BCUT2D eigenvalue weighted by atomic mass is 32.2. The lowest BCUT2D eigenvalue weighted by molar-refractivity contribution is -0.115. The molecule has 0 radical (unpaired) electrons. The van der Waals surface area contributed by atoms with Gasteiger partial charge < -0.3 is 0 Å². The van der Waals surface area contributed by atoms with Crippen molar-refractivity contribution in [3.63, 3.8) is 0 Å². The molecule has 1 rings (SSSR count). The number of carbonyl (C=O) groups excluding carboxylic acids is 1. The van der Waals surface area contributed by atoms with Gasteiger partial charge in [0.1, 0.15) is 6.04 Å². The number of rotatable bonds is 3. The normalized spacial score (nSPS) is 12.9. The molecular weight excluding hydrogens is 194 g/mol. The summed E-state index contributed by atoms with van der Waals surface area (Å²) in [6, 6.07) is 9.71. The minimum atomic E-state index is -0.133. The molecule has 0 heterocycles. The van der Waals surface area contributed by atoms with Crippen LogP contribution in [0.15, 0.2) is 30.3 Å². The van der Waals surface area contributed by atoms with Gasteiger partial charge in [-0.15, -0.1) is 0 Å². The van der Waals surface area contributed by atoms with Gasteiger partial charge in [0.15, 0.2) is 0 Å². The molecule has 0 saturated carbocycles. The molecule has 0 N–H and O–H groups in total. The number of benzene rings is 1. The highest BCUT2D eigenvalue weighted by Gasteiger charge is 2.21. The molecule has 14 heavy (non-hydrogen) atoms. The van der Waals surface area contributed by atoms with Gasteiger partial charge in [-0.2, -0.15) is 0 Å². The molecule has 0 aliphatic heterocycles. The summed E-state index contributed by atoms with van der Waals surface area (Å²) < 4.78 is 0. The topological polar surface area (TPSA) is 20.3 Å². The van der Waals surface area contributed by atoms with Gasteiger partial charge in [0.2, 0.25) is 5.12 Å². The Morgan fingerprint density at radius 2 is 1.86 bits per heavy atom. The fourth-order valence-corrected chi connectivity index (χ4v) is 1.96. The van der Waals surface area contributed by atoms with Gasteiger partial charge in [-0.3, -0.25) is 9.69 Å². The minimum absolute atomic E-state index is 0.133. The van der Waals surface area contributed by atoms with Crippen molar-refractivity contribution in [2.75, 3.05) is 20.4 Å². The van der Waals surface area contributed by atoms with Crippen LogP contribution in [0.3, 0.4) is 0 Å². The van der Waals surface area contributed by atoms with E-state index in [2.05, 4.69) is 0 Å². The van der Waals surface area contributed by atoms with Crippen LogP contribution in [0.5, 0.6) is 0 Å². The smallest absolute Gasteiger partial charge is 0.210 e. The second-order valence-electron chi connectivity index (χ2n) is 3.30. The summed E-state index contributed by atoms with van der Waals surface area (Å²) in [5.74, 6) is 0. The summed E-state index contributed by atoms with van der Waals surface area (Å²) in [6.45, 7) is 0. The van der Waals surface area contributed by atoms with Gasteiger partial charge in [0, 0.05) is 0 Å². The van der Waals surface area contributed by atoms with Crippen LogP contribution in [0.25, 0.3) is 0 Å². The molecule has 0 fully saturated rings. The van der Waals surface area contributed by atoms with E-state index in [9.17, 15) is 4.79 Å². The van der Waals surface area contributed by atoms with E-state index in [4.69, 9.17) is 0 Å². The Balaban J connectivity index is 2.95. The first-order valence-corrected chi connectivity index (χ1v) is 5.68. The van der Waals surface area contributed by atoms with Crippen LogP contribution in [0.2, 0.25) is 0 Å². The molecule has 0 aliphatic carbocycles. The second kappa shape index (κ2) is 5.17. The lowest BCUT2D eigenvalue weighted by Crippen LogP contribution is -2.25. The Hall–Kier alpha value is -0.800. The summed E-state index contributed by atoms with van der Waals surface area (Å²) >= 11 is 1.28. The number of likely N-dealkylation sites (N-methyl/N-ethyl adjacent to an activating group) is 1. The number of nitrogens with zero attached hydrogens (tertiary/aromatic N) is 1. The summed E-state index contributed by atoms with van der Waals surface area (Å²) in [5, 5.41) is 0.182. The summed E-state index contributed by atoms with van der Waals surface area (Å²) in [6.07, 6.45) is 1.82. The molecule has 0 aromatic heterocycles. The quantitative estimate of drug-likeness (QED) is 0.761. The van der Waals surface area contributed by atoms with E-state index in [1.54, 1.807) is 0 Å². The molecule has 0 unspecified atom stereocenters. The van der Waals surface area contributed by atoms with E-state index in [0.29, 0.717) is 0 Å². The predicted molar refractivity (Wildman–Crippen MR) is 61.4 cm³/mol. The van der Waals surface area contributed by atoms with Crippen LogP contribution in [-0.2, 0) is 4.79 Å². The monoisotopic (exact) mass is 209 g/mol. The molecule has 0 aliphatic rings. The van der Waals surface area contributed by atoms with Crippen molar-refractivity contribution in [1.82, 2.24) is 4.90 Å². The number of thioether (sulfide) groups is 1. The number of hydrogen-bond acceptors (Lipinski definition) is 3. The Morgan fingerprint density at radius 1 is 1.29 bits per heavy atom. The molecule has 2 nitrogen and oxygen atoms in total. The van der Waals surface area contributed by atoms with Gasteiger partial charge in [0.05, 0.1) is 0 Å². The lowest BCUT2D eigenvalue weighted by atomic mass is 10.1. The zero-order chi connectivity index (χ0) is 10.6. The zero-order valence-corrected chi connectivity index (χ0v) is 9.54. The van der Waals surface area contributed by atoms with E-state index < -0.39 is 0 Å². The summed E-state index contributed by atoms with van der Waals surface area (Å²) in [7, 11) is 3.84. The third-order valence-electron chi connectivity index (χ3n) is 2.06. The molecule has 1 aromatic rings. The van der Waals surface area contributed by atoms with Gasteiger partial charge >= 0.3 is 0 Å². The van der Waals surface area contributed by atoms with E-state index in [1.807, 2.05) is 55.6 Å². The van der Waals surface area contributed by atoms with Crippen LogP contribution in [0.4, 0.5) is 0 Å². The van der Waals surface area contributed by atoms with Crippen LogP contribution < -0.4 is 0 Å². The molecule has 76 valence electrons. The number of hydrogen-bond donors (Lipinski definition) is 0.